The summed E-state index contributed by atoms with van der Waals surface area (Å²) in [5.74, 6) is 0.631. The number of aryl methyl sites for hydroxylation is 2. The quantitative estimate of drug-likeness (QED) is 0.525. The second kappa shape index (κ2) is 8.77. The van der Waals surface area contributed by atoms with Crippen molar-refractivity contribution in [3.63, 3.8) is 0 Å². The van der Waals surface area contributed by atoms with Crippen molar-refractivity contribution in [2.45, 2.75) is 36.9 Å². The van der Waals surface area contributed by atoms with Crippen molar-refractivity contribution >= 4 is 51.4 Å². The van der Waals surface area contributed by atoms with Gasteiger partial charge >= 0.3 is 0 Å². The molecule has 0 fully saturated rings. The van der Waals surface area contributed by atoms with E-state index in [1.165, 1.54) is 23.1 Å². The van der Waals surface area contributed by atoms with Crippen molar-refractivity contribution in [3.05, 3.63) is 52.4 Å². The molecule has 1 aromatic carbocycles. The number of amides is 1. The highest BCUT2D eigenvalue weighted by atomic mass is 35.5. The first-order chi connectivity index (χ1) is 12.9. The largest absolute Gasteiger partial charge is 0.467 e. The van der Waals surface area contributed by atoms with Gasteiger partial charge in [-0.3, -0.25) is 4.79 Å². The second-order valence-corrected chi connectivity index (χ2v) is 8.97. The third-order valence-corrected chi connectivity index (χ3v) is 6.05. The first-order valence-electron chi connectivity index (χ1n) is 8.26. The van der Waals surface area contributed by atoms with Gasteiger partial charge in [0.1, 0.15) is 5.76 Å². The number of benzene rings is 1. The maximum Gasteiger partial charge on any atom is 0.233 e. The van der Waals surface area contributed by atoms with E-state index in [-0.39, 0.29) is 11.2 Å². The van der Waals surface area contributed by atoms with Gasteiger partial charge in [0.2, 0.25) is 11.0 Å². The Morgan fingerprint density at radius 3 is 2.89 bits per heavy atom. The predicted molar refractivity (Wildman–Crippen MR) is 110 cm³/mol. The van der Waals surface area contributed by atoms with Crippen LogP contribution in [0.2, 0.25) is 5.02 Å². The van der Waals surface area contributed by atoms with Gasteiger partial charge < -0.3 is 15.1 Å². The highest BCUT2D eigenvalue weighted by Crippen LogP contribution is 2.34. The molecule has 0 aliphatic rings. The molecule has 0 saturated carbocycles. The first kappa shape index (κ1) is 19.7. The zero-order chi connectivity index (χ0) is 19.4. The van der Waals surface area contributed by atoms with Crippen molar-refractivity contribution in [1.82, 2.24) is 15.5 Å². The van der Waals surface area contributed by atoms with Crippen molar-refractivity contribution in [3.8, 4) is 0 Å². The van der Waals surface area contributed by atoms with Crippen LogP contribution in [0, 0.1) is 13.8 Å². The summed E-state index contributed by atoms with van der Waals surface area (Å²) in [5, 5.41) is 15.3. The third kappa shape index (κ3) is 5.24. The van der Waals surface area contributed by atoms with E-state index in [4.69, 9.17) is 16.0 Å². The lowest BCUT2D eigenvalue weighted by atomic mass is 10.1. The van der Waals surface area contributed by atoms with Crippen LogP contribution in [0.3, 0.4) is 0 Å². The number of carbonyl (C=O) groups excluding carboxylic acids is 1. The molecule has 1 amide bonds. The Hall–Kier alpha value is -2.03. The molecule has 1 atom stereocenters. The van der Waals surface area contributed by atoms with Crippen LogP contribution < -0.4 is 10.6 Å². The third-order valence-electron chi connectivity index (χ3n) is 3.73. The maximum atomic E-state index is 12.2. The SMILES string of the molecule is Cc1cc(C)c(Nc2nnc(SC(C)C(=O)NCc3ccco3)s2)c(Cl)c1. The van der Waals surface area contributed by atoms with E-state index in [2.05, 4.69) is 26.9 Å². The van der Waals surface area contributed by atoms with Gasteiger partial charge in [-0.2, -0.15) is 0 Å². The Kier molecular flexibility index (Phi) is 6.41. The predicted octanol–water partition coefficient (Wildman–Crippen LogP) is 4.94. The summed E-state index contributed by atoms with van der Waals surface area (Å²) in [7, 11) is 0. The van der Waals surface area contributed by atoms with Gasteiger partial charge in [0.25, 0.3) is 0 Å². The summed E-state index contributed by atoms with van der Waals surface area (Å²) >= 11 is 9.07. The Morgan fingerprint density at radius 1 is 1.37 bits per heavy atom. The van der Waals surface area contributed by atoms with E-state index in [1.807, 2.05) is 32.9 Å². The van der Waals surface area contributed by atoms with Crippen molar-refractivity contribution in [1.29, 1.82) is 0 Å². The van der Waals surface area contributed by atoms with Crippen LogP contribution >= 0.6 is 34.7 Å². The second-order valence-electron chi connectivity index (χ2n) is 5.99. The lowest BCUT2D eigenvalue weighted by molar-refractivity contribution is -0.120. The van der Waals surface area contributed by atoms with Crippen molar-refractivity contribution in [2.24, 2.45) is 0 Å². The smallest absolute Gasteiger partial charge is 0.233 e. The molecule has 2 aromatic heterocycles. The molecule has 0 bridgehead atoms. The van der Waals surface area contributed by atoms with E-state index >= 15 is 0 Å². The molecule has 9 heteroatoms. The molecule has 1 unspecified atom stereocenters. The number of hydrogen-bond acceptors (Lipinski definition) is 7. The molecule has 142 valence electrons. The van der Waals surface area contributed by atoms with Gasteiger partial charge in [-0.05, 0) is 50.1 Å². The molecule has 3 rings (SSSR count). The number of nitrogens with zero attached hydrogens (tertiary/aromatic N) is 2. The molecule has 3 aromatic rings. The molecule has 27 heavy (non-hydrogen) atoms. The van der Waals surface area contributed by atoms with E-state index < -0.39 is 0 Å². The van der Waals surface area contributed by atoms with Crippen LogP contribution in [0.4, 0.5) is 10.8 Å². The standard InChI is InChI=1S/C18H19ClN4O2S2/c1-10-7-11(2)15(14(19)8-10)21-17-22-23-18(27-17)26-12(3)16(24)20-9-13-5-4-6-25-13/h4-8,12H,9H2,1-3H3,(H,20,24)(H,21,22). The lowest BCUT2D eigenvalue weighted by Gasteiger charge is -2.10. The van der Waals surface area contributed by atoms with E-state index in [0.29, 0.717) is 26.8 Å². The Bertz CT molecular complexity index is 904. The van der Waals surface area contributed by atoms with Gasteiger partial charge in [-0.1, -0.05) is 40.8 Å². The summed E-state index contributed by atoms with van der Waals surface area (Å²) in [6, 6.07) is 7.56. The van der Waals surface area contributed by atoms with Crippen LogP contribution in [0.15, 0.2) is 39.3 Å². The fourth-order valence-corrected chi connectivity index (χ4v) is 4.72. The summed E-state index contributed by atoms with van der Waals surface area (Å²) in [4.78, 5) is 12.2. The van der Waals surface area contributed by atoms with Crippen LogP contribution in [0.5, 0.6) is 0 Å². The normalized spacial score (nSPS) is 12.0. The fourth-order valence-electron chi connectivity index (χ4n) is 2.42. The van der Waals surface area contributed by atoms with Gasteiger partial charge in [0, 0.05) is 0 Å². The minimum Gasteiger partial charge on any atom is -0.467 e. The summed E-state index contributed by atoms with van der Waals surface area (Å²) < 4.78 is 5.92. The van der Waals surface area contributed by atoms with Gasteiger partial charge in [0.15, 0.2) is 4.34 Å². The Morgan fingerprint density at radius 2 is 2.19 bits per heavy atom. The topological polar surface area (TPSA) is 80.0 Å². The molecule has 0 aliphatic heterocycles. The summed E-state index contributed by atoms with van der Waals surface area (Å²) in [6.45, 7) is 6.19. The highest BCUT2D eigenvalue weighted by molar-refractivity contribution is 8.02. The zero-order valence-corrected chi connectivity index (χ0v) is 17.5. The van der Waals surface area contributed by atoms with E-state index in [0.717, 1.165) is 16.8 Å². The van der Waals surface area contributed by atoms with Crippen LogP contribution in [0.1, 0.15) is 23.8 Å². The van der Waals surface area contributed by atoms with Crippen LogP contribution in [-0.2, 0) is 11.3 Å². The Balaban J connectivity index is 1.58. The molecule has 2 heterocycles. The minimum absolute atomic E-state index is 0.0847. The van der Waals surface area contributed by atoms with Gasteiger partial charge in [-0.25, -0.2) is 0 Å². The monoisotopic (exact) mass is 422 g/mol. The number of halogens is 1. The van der Waals surface area contributed by atoms with Gasteiger partial charge in [-0.15, -0.1) is 10.2 Å². The molecule has 0 saturated heterocycles. The van der Waals surface area contributed by atoms with Crippen LogP contribution in [0.25, 0.3) is 0 Å². The van der Waals surface area contributed by atoms with Crippen molar-refractivity contribution < 1.29 is 9.21 Å². The van der Waals surface area contributed by atoms with E-state index in [1.54, 1.807) is 12.3 Å². The average molecular weight is 423 g/mol. The molecule has 2 N–H and O–H groups in total. The number of thioether (sulfide) groups is 1. The number of nitrogens with one attached hydrogen (secondary N) is 2. The molecular formula is C18H19ClN4O2S2. The van der Waals surface area contributed by atoms with Crippen LogP contribution in [-0.4, -0.2) is 21.4 Å². The van der Waals surface area contributed by atoms with Gasteiger partial charge in [0.05, 0.1) is 28.8 Å². The molecule has 6 nitrogen and oxygen atoms in total. The molecule has 0 aliphatic carbocycles. The number of carbonyl (C=O) groups is 1. The number of hydrogen-bond donors (Lipinski definition) is 2. The summed E-state index contributed by atoms with van der Waals surface area (Å²) in [6.07, 6.45) is 1.58. The van der Waals surface area contributed by atoms with Crippen molar-refractivity contribution in [2.75, 3.05) is 5.32 Å². The Labute approximate surface area is 170 Å². The zero-order valence-electron chi connectivity index (χ0n) is 15.1. The lowest BCUT2D eigenvalue weighted by Crippen LogP contribution is -2.30. The first-order valence-corrected chi connectivity index (χ1v) is 10.3. The highest BCUT2D eigenvalue weighted by Gasteiger charge is 2.18. The number of anilines is 2. The molecule has 0 spiro atoms. The number of furan rings is 1. The fraction of sp³-hybridized carbons (Fsp3) is 0.278. The minimum atomic E-state index is -0.300. The average Bonchev–Trinajstić information content (AvgIpc) is 3.27. The molecule has 0 radical (unpaired) electrons. The summed E-state index contributed by atoms with van der Waals surface area (Å²) in [5.41, 5.74) is 2.96. The maximum absolute atomic E-state index is 12.2. The molecular weight excluding hydrogens is 404 g/mol. The number of rotatable bonds is 7. The number of aromatic nitrogens is 2. The van der Waals surface area contributed by atoms with E-state index in [9.17, 15) is 4.79 Å².